The molecule has 2 amide bonds. The Balaban J connectivity index is 1.48. The number of hydrogen-bond acceptors (Lipinski definition) is 2. The Morgan fingerprint density at radius 2 is 1.89 bits per heavy atom. The van der Waals surface area contributed by atoms with Crippen molar-refractivity contribution >= 4 is 6.03 Å². The second-order valence-electron chi connectivity index (χ2n) is 6.73. The van der Waals surface area contributed by atoms with E-state index >= 15 is 0 Å². The molecule has 0 aromatic heterocycles. The third-order valence-electron chi connectivity index (χ3n) is 4.55. The number of carbonyl (C=O) groups excluding carboxylic acids is 1. The van der Waals surface area contributed by atoms with E-state index in [1.807, 2.05) is 24.3 Å². The highest BCUT2D eigenvalue weighted by atomic mass is 19.4. The van der Waals surface area contributed by atoms with Gasteiger partial charge in [-0.3, -0.25) is 0 Å². The number of rotatable bonds is 4. The Morgan fingerprint density at radius 3 is 2.59 bits per heavy atom. The smallest absolute Gasteiger partial charge is 0.416 e. The fraction of sp³-hybridized carbons (Fsp3) is 0.350. The highest BCUT2D eigenvalue weighted by Crippen LogP contribution is 2.29. The minimum absolute atomic E-state index is 0.184. The fourth-order valence-corrected chi connectivity index (χ4v) is 3.03. The van der Waals surface area contributed by atoms with E-state index in [0.29, 0.717) is 18.7 Å². The summed E-state index contributed by atoms with van der Waals surface area (Å²) >= 11 is 0. The molecule has 0 fully saturated rings. The van der Waals surface area contributed by atoms with Crippen molar-refractivity contribution < 1.29 is 22.7 Å². The summed E-state index contributed by atoms with van der Waals surface area (Å²) in [5, 5.41) is 2.87. The Bertz CT molecular complexity index is 791. The zero-order valence-corrected chi connectivity index (χ0v) is 14.9. The first kappa shape index (κ1) is 19.1. The Labute approximate surface area is 155 Å². The number of amides is 2. The quantitative estimate of drug-likeness (QED) is 0.870. The van der Waals surface area contributed by atoms with Gasteiger partial charge in [-0.2, -0.15) is 13.2 Å². The molecule has 1 aliphatic rings. The number of nitrogens with one attached hydrogen (secondary N) is 1. The molecule has 1 N–H and O–H groups in total. The number of hydrogen-bond donors (Lipinski definition) is 1. The van der Waals surface area contributed by atoms with Gasteiger partial charge in [0.15, 0.2) is 0 Å². The van der Waals surface area contributed by atoms with E-state index in [-0.39, 0.29) is 18.5 Å². The van der Waals surface area contributed by atoms with Crippen LogP contribution in [0, 0.1) is 5.92 Å². The molecule has 0 bridgehead atoms. The van der Waals surface area contributed by atoms with Crippen LogP contribution in [-0.4, -0.2) is 31.1 Å². The van der Waals surface area contributed by atoms with Crippen LogP contribution in [0.4, 0.5) is 18.0 Å². The van der Waals surface area contributed by atoms with Crippen LogP contribution in [0.25, 0.3) is 0 Å². The van der Waals surface area contributed by atoms with Crippen LogP contribution in [0.5, 0.6) is 5.75 Å². The summed E-state index contributed by atoms with van der Waals surface area (Å²) in [6.45, 7) is 1.25. The maximum atomic E-state index is 12.6. The lowest BCUT2D eigenvalue weighted by atomic mass is 9.97. The second kappa shape index (κ2) is 7.90. The van der Waals surface area contributed by atoms with E-state index in [1.54, 1.807) is 7.05 Å². The molecule has 3 rings (SSSR count). The summed E-state index contributed by atoms with van der Waals surface area (Å²) in [5.74, 6) is 1.07. The molecule has 4 nitrogen and oxygen atoms in total. The molecule has 7 heteroatoms. The standard InChI is InChI=1S/C20H21F3N2O2/c1-25(12-14-6-8-17(9-7-14)20(21,22)23)19(26)24-11-15-10-16-4-2-3-5-18(16)27-13-15/h2-9,15H,10-13H2,1H3,(H,24,26)/t15-/m1/s1. The Morgan fingerprint density at radius 1 is 1.19 bits per heavy atom. The van der Waals surface area contributed by atoms with Crippen LogP contribution < -0.4 is 10.1 Å². The van der Waals surface area contributed by atoms with Crippen molar-refractivity contribution in [3.63, 3.8) is 0 Å². The van der Waals surface area contributed by atoms with Gasteiger partial charge in [-0.25, -0.2) is 4.79 Å². The normalized spacial score (nSPS) is 16.2. The summed E-state index contributed by atoms with van der Waals surface area (Å²) in [7, 11) is 1.61. The Hall–Kier alpha value is -2.70. The first-order valence-corrected chi connectivity index (χ1v) is 8.69. The van der Waals surface area contributed by atoms with Gasteiger partial charge in [0.2, 0.25) is 0 Å². The van der Waals surface area contributed by atoms with Gasteiger partial charge in [0.05, 0.1) is 12.2 Å². The molecule has 0 saturated carbocycles. The molecule has 0 spiro atoms. The molecule has 144 valence electrons. The zero-order chi connectivity index (χ0) is 19.4. The number of ether oxygens (including phenoxy) is 1. The topological polar surface area (TPSA) is 41.6 Å². The van der Waals surface area contributed by atoms with Crippen molar-refractivity contribution in [3.05, 3.63) is 65.2 Å². The minimum Gasteiger partial charge on any atom is -0.493 e. The predicted octanol–water partition coefficient (Wildman–Crippen LogP) is 4.10. The first-order valence-electron chi connectivity index (χ1n) is 8.69. The average molecular weight is 378 g/mol. The van der Waals surface area contributed by atoms with E-state index < -0.39 is 11.7 Å². The lowest BCUT2D eigenvalue weighted by Gasteiger charge is -2.26. The molecule has 0 unspecified atom stereocenters. The zero-order valence-electron chi connectivity index (χ0n) is 14.9. The molecular formula is C20H21F3N2O2. The largest absolute Gasteiger partial charge is 0.493 e. The molecule has 2 aromatic rings. The molecule has 27 heavy (non-hydrogen) atoms. The highest BCUT2D eigenvalue weighted by Gasteiger charge is 2.30. The highest BCUT2D eigenvalue weighted by molar-refractivity contribution is 5.73. The van der Waals surface area contributed by atoms with E-state index in [0.717, 1.165) is 29.9 Å². The number of alkyl halides is 3. The summed E-state index contributed by atoms with van der Waals surface area (Å²) in [6, 6.07) is 12.4. The molecule has 1 heterocycles. The molecule has 1 atom stereocenters. The predicted molar refractivity (Wildman–Crippen MR) is 95.4 cm³/mol. The van der Waals surface area contributed by atoms with Gasteiger partial charge < -0.3 is 15.0 Å². The van der Waals surface area contributed by atoms with Crippen LogP contribution in [0.15, 0.2) is 48.5 Å². The lowest BCUT2D eigenvalue weighted by Crippen LogP contribution is -2.41. The summed E-state index contributed by atoms with van der Waals surface area (Å²) in [5.41, 5.74) is 1.06. The van der Waals surface area contributed by atoms with Crippen molar-refractivity contribution in [2.75, 3.05) is 20.2 Å². The van der Waals surface area contributed by atoms with Crippen molar-refractivity contribution in [2.45, 2.75) is 19.1 Å². The van der Waals surface area contributed by atoms with Crippen molar-refractivity contribution in [2.24, 2.45) is 5.92 Å². The van der Waals surface area contributed by atoms with Crippen LogP contribution in [0.3, 0.4) is 0 Å². The number of urea groups is 1. The van der Waals surface area contributed by atoms with Crippen molar-refractivity contribution in [1.29, 1.82) is 0 Å². The average Bonchev–Trinajstić information content (AvgIpc) is 2.65. The summed E-state index contributed by atoms with van der Waals surface area (Å²) < 4.78 is 43.5. The van der Waals surface area contributed by atoms with Gasteiger partial charge in [0.1, 0.15) is 5.75 Å². The maximum Gasteiger partial charge on any atom is 0.416 e. The van der Waals surface area contributed by atoms with Gasteiger partial charge in [0.25, 0.3) is 0 Å². The lowest BCUT2D eigenvalue weighted by molar-refractivity contribution is -0.137. The second-order valence-corrected chi connectivity index (χ2v) is 6.73. The monoisotopic (exact) mass is 378 g/mol. The van der Waals surface area contributed by atoms with Gasteiger partial charge in [-0.1, -0.05) is 30.3 Å². The summed E-state index contributed by atoms with van der Waals surface area (Å²) in [6.07, 6.45) is -3.53. The van der Waals surface area contributed by atoms with Crippen LogP contribution in [-0.2, 0) is 19.1 Å². The van der Waals surface area contributed by atoms with Gasteiger partial charge in [-0.15, -0.1) is 0 Å². The van der Waals surface area contributed by atoms with Crippen molar-refractivity contribution in [1.82, 2.24) is 10.2 Å². The van der Waals surface area contributed by atoms with Gasteiger partial charge in [0, 0.05) is 26.1 Å². The van der Waals surface area contributed by atoms with Crippen LogP contribution in [0.2, 0.25) is 0 Å². The van der Waals surface area contributed by atoms with Crippen LogP contribution >= 0.6 is 0 Å². The van der Waals surface area contributed by atoms with Crippen molar-refractivity contribution in [3.8, 4) is 5.75 Å². The Kier molecular flexibility index (Phi) is 5.58. The molecule has 0 radical (unpaired) electrons. The first-order chi connectivity index (χ1) is 12.8. The number of carbonyl (C=O) groups is 1. The molecular weight excluding hydrogens is 357 g/mol. The van der Waals surface area contributed by atoms with Gasteiger partial charge >= 0.3 is 12.2 Å². The van der Waals surface area contributed by atoms with Gasteiger partial charge in [-0.05, 0) is 35.7 Å². The number of halogens is 3. The molecule has 0 aliphatic carbocycles. The van der Waals surface area contributed by atoms with E-state index in [1.165, 1.54) is 17.0 Å². The van der Waals surface area contributed by atoms with E-state index in [9.17, 15) is 18.0 Å². The third kappa shape index (κ3) is 4.93. The SMILES string of the molecule is CN(Cc1ccc(C(F)(F)F)cc1)C(=O)NC[C@@H]1COc2ccccc2C1. The number of benzene rings is 2. The number of nitrogens with zero attached hydrogens (tertiary/aromatic N) is 1. The molecule has 1 aliphatic heterocycles. The van der Waals surface area contributed by atoms with Crippen LogP contribution in [0.1, 0.15) is 16.7 Å². The molecule has 0 saturated heterocycles. The third-order valence-corrected chi connectivity index (χ3v) is 4.55. The van der Waals surface area contributed by atoms with E-state index in [4.69, 9.17) is 4.74 Å². The number of para-hydroxylation sites is 1. The fourth-order valence-electron chi connectivity index (χ4n) is 3.03. The molecule has 2 aromatic carbocycles. The maximum absolute atomic E-state index is 12.6. The van der Waals surface area contributed by atoms with E-state index in [2.05, 4.69) is 5.32 Å². The minimum atomic E-state index is -4.36. The summed E-state index contributed by atoms with van der Waals surface area (Å²) in [4.78, 5) is 13.7. The number of fused-ring (bicyclic) bond motifs is 1.